The first-order chi connectivity index (χ1) is 17.2. The van der Waals surface area contributed by atoms with Crippen molar-refractivity contribution in [2.45, 2.75) is 32.0 Å². The summed E-state index contributed by atoms with van der Waals surface area (Å²) in [7, 11) is 0. The highest BCUT2D eigenvalue weighted by Crippen LogP contribution is 2.40. The fourth-order valence-electron chi connectivity index (χ4n) is 5.29. The second-order valence-corrected chi connectivity index (χ2v) is 9.86. The van der Waals surface area contributed by atoms with Gasteiger partial charge >= 0.3 is 6.18 Å². The monoisotopic (exact) mass is 521 g/mol. The third-order valence-corrected chi connectivity index (χ3v) is 7.25. The highest BCUT2D eigenvalue weighted by molar-refractivity contribution is 6.31. The van der Waals surface area contributed by atoms with E-state index in [1.165, 1.54) is 13.1 Å². The molecule has 192 valence electrons. The number of piperazine rings is 1. The molecule has 5 rings (SSSR count). The molecule has 0 spiro atoms. The largest absolute Gasteiger partial charge is 0.433 e. The van der Waals surface area contributed by atoms with Gasteiger partial charge in [0.2, 0.25) is 0 Å². The summed E-state index contributed by atoms with van der Waals surface area (Å²) in [6.07, 6.45) is -1.97. The van der Waals surface area contributed by atoms with Crippen molar-refractivity contribution in [1.29, 1.82) is 0 Å². The SMILES string of the molecule is Cc1cnn(C2CCCN(c3cc(Cl)ccc3-c3ccc(N4CCNCC4)cc3F)C2)c1C(F)(F)F. The molecule has 2 fully saturated rings. The highest BCUT2D eigenvalue weighted by Gasteiger charge is 2.39. The summed E-state index contributed by atoms with van der Waals surface area (Å²) in [6, 6.07) is 10.1. The van der Waals surface area contributed by atoms with Crippen molar-refractivity contribution in [2.75, 3.05) is 49.1 Å². The minimum atomic E-state index is -4.49. The van der Waals surface area contributed by atoms with Crippen molar-refractivity contribution in [3.63, 3.8) is 0 Å². The van der Waals surface area contributed by atoms with Crippen molar-refractivity contribution in [3.05, 3.63) is 64.7 Å². The van der Waals surface area contributed by atoms with E-state index in [2.05, 4.69) is 15.3 Å². The minimum Gasteiger partial charge on any atom is -0.369 e. The molecule has 0 saturated carbocycles. The van der Waals surface area contributed by atoms with Gasteiger partial charge in [-0.1, -0.05) is 17.7 Å². The standard InChI is InChI=1S/C26H28ClF4N5/c1-17-15-33-36(25(17)26(29,30)31)20-3-2-10-35(16-20)24-13-18(27)4-6-22(24)21-7-5-19(14-23(21)28)34-11-8-32-9-12-34/h4-7,13-15,20,32H,2-3,8-12,16H2,1H3. The molecular weight excluding hydrogens is 494 g/mol. The van der Waals surface area contributed by atoms with Crippen LogP contribution in [0, 0.1) is 12.7 Å². The van der Waals surface area contributed by atoms with Gasteiger partial charge in [0, 0.05) is 66.8 Å². The van der Waals surface area contributed by atoms with E-state index in [1.807, 2.05) is 11.0 Å². The van der Waals surface area contributed by atoms with Crippen LogP contribution in [0.3, 0.4) is 0 Å². The first-order valence-electron chi connectivity index (χ1n) is 12.1. The van der Waals surface area contributed by atoms with Crippen molar-refractivity contribution in [2.24, 2.45) is 0 Å². The Bertz CT molecular complexity index is 1240. The topological polar surface area (TPSA) is 36.3 Å². The lowest BCUT2D eigenvalue weighted by molar-refractivity contribution is -0.145. The summed E-state index contributed by atoms with van der Waals surface area (Å²) in [5.41, 5.74) is 2.04. The molecule has 2 aromatic carbocycles. The molecule has 2 saturated heterocycles. The quantitative estimate of drug-likeness (QED) is 0.432. The molecule has 0 aliphatic carbocycles. The molecule has 10 heteroatoms. The van der Waals surface area contributed by atoms with Crippen molar-refractivity contribution >= 4 is 23.0 Å². The zero-order chi connectivity index (χ0) is 25.4. The molecule has 1 atom stereocenters. The molecule has 5 nitrogen and oxygen atoms in total. The molecule has 2 aliphatic heterocycles. The molecule has 1 aromatic heterocycles. The number of alkyl halides is 3. The average molecular weight is 522 g/mol. The van der Waals surface area contributed by atoms with E-state index in [1.54, 1.807) is 30.3 Å². The van der Waals surface area contributed by atoms with E-state index in [0.29, 0.717) is 47.8 Å². The van der Waals surface area contributed by atoms with Crippen LogP contribution in [0.1, 0.15) is 30.1 Å². The number of aromatic nitrogens is 2. The Balaban J connectivity index is 1.47. The van der Waals surface area contributed by atoms with Crippen molar-refractivity contribution in [1.82, 2.24) is 15.1 Å². The van der Waals surface area contributed by atoms with E-state index in [0.717, 1.165) is 36.5 Å². The Morgan fingerprint density at radius 3 is 2.47 bits per heavy atom. The van der Waals surface area contributed by atoms with Gasteiger partial charge in [0.1, 0.15) is 11.5 Å². The number of piperidine rings is 1. The second-order valence-electron chi connectivity index (χ2n) is 9.42. The fourth-order valence-corrected chi connectivity index (χ4v) is 5.45. The van der Waals surface area contributed by atoms with Crippen LogP contribution < -0.4 is 15.1 Å². The average Bonchev–Trinajstić information content (AvgIpc) is 3.27. The first-order valence-corrected chi connectivity index (χ1v) is 12.5. The number of aryl methyl sites for hydroxylation is 1. The molecular formula is C26H28ClF4N5. The number of nitrogens with zero attached hydrogens (tertiary/aromatic N) is 4. The third kappa shape index (κ3) is 4.91. The summed E-state index contributed by atoms with van der Waals surface area (Å²) < 4.78 is 57.7. The normalized spacial score (nSPS) is 19.1. The van der Waals surface area contributed by atoms with Gasteiger partial charge in [0.25, 0.3) is 0 Å². The smallest absolute Gasteiger partial charge is 0.369 e. The van der Waals surface area contributed by atoms with Gasteiger partial charge < -0.3 is 15.1 Å². The van der Waals surface area contributed by atoms with E-state index < -0.39 is 17.9 Å². The summed E-state index contributed by atoms with van der Waals surface area (Å²) in [4.78, 5) is 4.14. The third-order valence-electron chi connectivity index (χ3n) is 7.01. The van der Waals surface area contributed by atoms with Crippen LogP contribution >= 0.6 is 11.6 Å². The number of halogens is 5. The predicted molar refractivity (Wildman–Crippen MR) is 134 cm³/mol. The lowest BCUT2D eigenvalue weighted by Crippen LogP contribution is -2.43. The molecule has 0 radical (unpaired) electrons. The van der Waals surface area contributed by atoms with Crippen molar-refractivity contribution < 1.29 is 17.6 Å². The summed E-state index contributed by atoms with van der Waals surface area (Å²) in [6.45, 7) is 5.71. The molecule has 0 bridgehead atoms. The van der Waals surface area contributed by atoms with Gasteiger partial charge in [-0.15, -0.1) is 0 Å². The molecule has 1 N–H and O–H groups in total. The second kappa shape index (κ2) is 9.94. The van der Waals surface area contributed by atoms with E-state index in [9.17, 15) is 13.2 Å². The van der Waals surface area contributed by atoms with Gasteiger partial charge in [-0.2, -0.15) is 18.3 Å². The van der Waals surface area contributed by atoms with Crippen LogP contribution in [-0.4, -0.2) is 49.0 Å². The Labute approximate surface area is 212 Å². The summed E-state index contributed by atoms with van der Waals surface area (Å²) in [5, 5.41) is 7.85. The summed E-state index contributed by atoms with van der Waals surface area (Å²) in [5.74, 6) is -0.342. The van der Waals surface area contributed by atoms with E-state index >= 15 is 4.39 Å². The Kier molecular flexibility index (Phi) is 6.87. The van der Waals surface area contributed by atoms with Gasteiger partial charge in [-0.25, -0.2) is 4.39 Å². The van der Waals surface area contributed by atoms with Crippen LogP contribution in [0.4, 0.5) is 28.9 Å². The zero-order valence-corrected chi connectivity index (χ0v) is 20.7. The minimum absolute atomic E-state index is 0.106. The highest BCUT2D eigenvalue weighted by atomic mass is 35.5. The Morgan fingerprint density at radius 2 is 1.75 bits per heavy atom. The molecule has 1 unspecified atom stereocenters. The van der Waals surface area contributed by atoms with Gasteiger partial charge in [-0.05, 0) is 55.7 Å². The van der Waals surface area contributed by atoms with Crippen molar-refractivity contribution in [3.8, 4) is 11.1 Å². The number of hydrogen-bond acceptors (Lipinski definition) is 4. The van der Waals surface area contributed by atoms with Crippen LogP contribution in [0.5, 0.6) is 0 Å². The van der Waals surface area contributed by atoms with Crippen LogP contribution in [0.2, 0.25) is 5.02 Å². The first kappa shape index (κ1) is 24.9. The summed E-state index contributed by atoms with van der Waals surface area (Å²) >= 11 is 6.33. The van der Waals surface area contributed by atoms with Gasteiger partial charge in [0.15, 0.2) is 0 Å². The van der Waals surface area contributed by atoms with E-state index in [-0.39, 0.29) is 11.4 Å². The fraction of sp³-hybridized carbons (Fsp3) is 0.423. The Hall–Kier alpha value is -2.78. The number of nitrogens with one attached hydrogen (secondary N) is 1. The van der Waals surface area contributed by atoms with E-state index in [4.69, 9.17) is 11.6 Å². The molecule has 3 heterocycles. The van der Waals surface area contributed by atoms with Gasteiger partial charge in [0.05, 0.1) is 12.2 Å². The number of benzene rings is 2. The number of anilines is 2. The van der Waals surface area contributed by atoms with Crippen LogP contribution in [0.15, 0.2) is 42.6 Å². The lowest BCUT2D eigenvalue weighted by atomic mass is 9.98. The van der Waals surface area contributed by atoms with Crippen LogP contribution in [0.25, 0.3) is 11.1 Å². The maximum atomic E-state index is 15.4. The molecule has 3 aromatic rings. The zero-order valence-electron chi connectivity index (χ0n) is 20.0. The Morgan fingerprint density at radius 1 is 1.00 bits per heavy atom. The van der Waals surface area contributed by atoms with Gasteiger partial charge in [-0.3, -0.25) is 4.68 Å². The maximum absolute atomic E-state index is 15.4. The number of hydrogen-bond donors (Lipinski definition) is 1. The number of rotatable bonds is 4. The lowest BCUT2D eigenvalue weighted by Gasteiger charge is -2.36. The predicted octanol–water partition coefficient (Wildman–Crippen LogP) is 5.92. The van der Waals surface area contributed by atoms with Crippen LogP contribution in [-0.2, 0) is 6.18 Å². The maximum Gasteiger partial charge on any atom is 0.433 e. The molecule has 2 aliphatic rings. The molecule has 0 amide bonds. The molecule has 36 heavy (non-hydrogen) atoms.